The fourth-order valence-electron chi connectivity index (χ4n) is 5.27. The normalized spacial score (nSPS) is 11.5. The third kappa shape index (κ3) is 7.96. The molecule has 43 heavy (non-hydrogen) atoms. The Hall–Kier alpha value is -4.30. The van der Waals surface area contributed by atoms with E-state index in [0.717, 1.165) is 43.0 Å². The number of anilines is 1. The zero-order valence-electron chi connectivity index (χ0n) is 25.8. The van der Waals surface area contributed by atoms with E-state index >= 15 is 4.39 Å². The van der Waals surface area contributed by atoms with Crippen molar-refractivity contribution in [3.8, 4) is 5.69 Å². The molecule has 1 aromatic heterocycles. The first-order chi connectivity index (χ1) is 20.6. The van der Waals surface area contributed by atoms with Crippen molar-refractivity contribution in [3.05, 3.63) is 102 Å². The fourth-order valence-corrected chi connectivity index (χ4v) is 5.27. The van der Waals surface area contributed by atoms with Gasteiger partial charge in [0.25, 0.3) is 5.91 Å². The van der Waals surface area contributed by atoms with E-state index in [9.17, 15) is 9.59 Å². The summed E-state index contributed by atoms with van der Waals surface area (Å²) in [5.41, 5.74) is 5.20. The lowest BCUT2D eigenvalue weighted by atomic mass is 9.90. The molecule has 4 aromatic rings. The summed E-state index contributed by atoms with van der Waals surface area (Å²) in [7, 11) is 1.26. The third-order valence-corrected chi connectivity index (χ3v) is 7.32. The van der Waals surface area contributed by atoms with Crippen LogP contribution in [0, 0.1) is 11.2 Å². The van der Waals surface area contributed by atoms with Crippen LogP contribution in [0.4, 0.5) is 14.9 Å². The molecule has 4 rings (SSSR count). The highest BCUT2D eigenvalue weighted by molar-refractivity contribution is 6.09. The van der Waals surface area contributed by atoms with Crippen LogP contribution in [-0.4, -0.2) is 37.1 Å². The predicted molar refractivity (Wildman–Crippen MR) is 168 cm³/mol. The summed E-state index contributed by atoms with van der Waals surface area (Å²) in [6.45, 7) is 11.0. The molecule has 0 saturated carbocycles. The number of fused-ring (bicyclic) bond motifs is 1. The van der Waals surface area contributed by atoms with Crippen molar-refractivity contribution in [2.45, 2.75) is 53.5 Å². The Morgan fingerprint density at radius 1 is 0.907 bits per heavy atom. The van der Waals surface area contributed by atoms with Crippen molar-refractivity contribution in [3.63, 3.8) is 0 Å². The number of rotatable bonds is 10. The molecule has 1 heterocycles. The van der Waals surface area contributed by atoms with Crippen molar-refractivity contribution in [2.75, 3.05) is 25.2 Å². The number of benzene rings is 3. The van der Waals surface area contributed by atoms with Crippen LogP contribution in [0.25, 0.3) is 16.5 Å². The molecule has 0 radical (unpaired) electrons. The highest BCUT2D eigenvalue weighted by atomic mass is 19.1. The zero-order chi connectivity index (χ0) is 31.0. The SMILES string of the molecule is CCCN(CCCC(C)(C)C)Cc1c(C(=O)NN(C(=O)OC)c2ccccc2)c2cccc(F)c2c[n+]1-c1ccccc1. The van der Waals surface area contributed by atoms with Crippen LogP contribution in [-0.2, 0) is 11.3 Å². The van der Waals surface area contributed by atoms with Gasteiger partial charge in [0.05, 0.1) is 24.7 Å². The summed E-state index contributed by atoms with van der Waals surface area (Å²) in [5, 5.41) is 1.84. The molecule has 8 heteroatoms. The average molecular weight is 586 g/mol. The van der Waals surface area contributed by atoms with Crippen LogP contribution in [0.2, 0.25) is 0 Å². The first kappa shape index (κ1) is 31.6. The van der Waals surface area contributed by atoms with E-state index in [1.165, 1.54) is 13.2 Å². The number of hydrogen-bond donors (Lipinski definition) is 1. The van der Waals surface area contributed by atoms with Crippen molar-refractivity contribution >= 4 is 28.5 Å². The molecule has 0 bridgehead atoms. The lowest BCUT2D eigenvalue weighted by Crippen LogP contribution is -2.49. The minimum Gasteiger partial charge on any atom is -0.451 e. The maximum Gasteiger partial charge on any atom is 0.433 e. The number of nitrogens with one attached hydrogen (secondary N) is 1. The molecule has 0 aliphatic carbocycles. The number of para-hydroxylation sites is 2. The van der Waals surface area contributed by atoms with Gasteiger partial charge in [-0.3, -0.25) is 15.1 Å². The van der Waals surface area contributed by atoms with Gasteiger partial charge < -0.3 is 4.74 Å². The Labute approximate surface area is 253 Å². The molecule has 0 aliphatic heterocycles. The van der Waals surface area contributed by atoms with Gasteiger partial charge in [-0.1, -0.05) is 76.2 Å². The summed E-state index contributed by atoms with van der Waals surface area (Å²) < 4.78 is 22.3. The number of amides is 2. The first-order valence-electron chi connectivity index (χ1n) is 14.8. The Bertz CT molecular complexity index is 1540. The van der Waals surface area contributed by atoms with E-state index < -0.39 is 17.8 Å². The number of halogens is 1. The Kier molecular flexibility index (Phi) is 10.5. The summed E-state index contributed by atoms with van der Waals surface area (Å²) in [4.78, 5) is 29.5. The monoisotopic (exact) mass is 585 g/mol. The van der Waals surface area contributed by atoms with Gasteiger partial charge in [0, 0.05) is 17.5 Å². The minimum absolute atomic E-state index is 0.210. The topological polar surface area (TPSA) is 65.8 Å². The second kappa shape index (κ2) is 14.2. The van der Waals surface area contributed by atoms with E-state index in [4.69, 9.17) is 4.74 Å². The highest BCUT2D eigenvalue weighted by Gasteiger charge is 2.31. The molecule has 7 nitrogen and oxygen atoms in total. The molecule has 0 unspecified atom stereocenters. The smallest absolute Gasteiger partial charge is 0.433 e. The molecular formula is C35H42FN4O3+. The van der Waals surface area contributed by atoms with Crippen LogP contribution < -0.4 is 15.0 Å². The number of aromatic nitrogens is 1. The molecule has 0 atom stereocenters. The van der Waals surface area contributed by atoms with Crippen molar-refractivity contribution in [1.29, 1.82) is 0 Å². The van der Waals surface area contributed by atoms with Gasteiger partial charge in [0.15, 0.2) is 6.20 Å². The van der Waals surface area contributed by atoms with Crippen LogP contribution in [0.5, 0.6) is 0 Å². The molecule has 2 amide bonds. The first-order valence-corrected chi connectivity index (χ1v) is 14.8. The minimum atomic E-state index is -0.752. The largest absolute Gasteiger partial charge is 0.451 e. The molecule has 3 aromatic carbocycles. The Morgan fingerprint density at radius 3 is 2.21 bits per heavy atom. The summed E-state index contributed by atoms with van der Waals surface area (Å²) in [6, 6.07) is 23.1. The summed E-state index contributed by atoms with van der Waals surface area (Å²) >= 11 is 0. The standard InChI is InChI=1S/C35H41FN4O3/c1-6-22-38(23-14-21-35(2,3)4)25-31-32(33(41)37-40(34(42)43-5)27-17-11-8-12-18-27)28-19-13-20-30(36)29(28)24-39(31)26-15-9-7-10-16-26/h7-13,15-20,24H,6,14,21-23,25H2,1-5H3/p+1. The van der Waals surface area contributed by atoms with Crippen LogP contribution >= 0.6 is 0 Å². The van der Waals surface area contributed by atoms with Gasteiger partial charge in [0.1, 0.15) is 11.4 Å². The molecule has 226 valence electrons. The van der Waals surface area contributed by atoms with Crippen molar-refractivity contribution in [1.82, 2.24) is 10.3 Å². The predicted octanol–water partition coefficient (Wildman–Crippen LogP) is 7.21. The number of hydrogen-bond acceptors (Lipinski definition) is 4. The molecule has 0 saturated heterocycles. The van der Waals surface area contributed by atoms with Gasteiger partial charge in [-0.2, -0.15) is 9.58 Å². The van der Waals surface area contributed by atoms with Gasteiger partial charge >= 0.3 is 6.09 Å². The van der Waals surface area contributed by atoms with E-state index in [2.05, 4.69) is 38.0 Å². The van der Waals surface area contributed by atoms with Crippen LogP contribution in [0.1, 0.15) is 63.0 Å². The molecular weight excluding hydrogens is 543 g/mol. The van der Waals surface area contributed by atoms with E-state index in [0.29, 0.717) is 34.3 Å². The Balaban J connectivity index is 1.90. The second-order valence-corrected chi connectivity index (χ2v) is 11.9. The highest BCUT2D eigenvalue weighted by Crippen LogP contribution is 2.26. The van der Waals surface area contributed by atoms with E-state index in [-0.39, 0.29) is 5.41 Å². The summed E-state index contributed by atoms with van der Waals surface area (Å²) in [5.74, 6) is -0.984. The van der Waals surface area contributed by atoms with Gasteiger partial charge in [-0.15, -0.1) is 0 Å². The number of pyridine rings is 1. The lowest BCUT2D eigenvalue weighted by Gasteiger charge is -2.25. The number of methoxy groups -OCH3 is 1. The van der Waals surface area contributed by atoms with Gasteiger partial charge in [-0.05, 0) is 56.0 Å². The lowest BCUT2D eigenvalue weighted by molar-refractivity contribution is -0.604. The van der Waals surface area contributed by atoms with E-state index in [1.807, 2.05) is 41.0 Å². The Morgan fingerprint density at radius 2 is 1.58 bits per heavy atom. The summed E-state index contributed by atoms with van der Waals surface area (Å²) in [6.07, 6.45) is 4.02. The average Bonchev–Trinajstić information content (AvgIpc) is 2.99. The zero-order valence-corrected chi connectivity index (χ0v) is 25.8. The molecule has 1 N–H and O–H groups in total. The maximum absolute atomic E-state index is 15.4. The van der Waals surface area contributed by atoms with E-state index in [1.54, 1.807) is 42.6 Å². The third-order valence-electron chi connectivity index (χ3n) is 7.32. The quantitative estimate of drug-likeness (QED) is 0.158. The second-order valence-electron chi connectivity index (χ2n) is 11.9. The van der Waals surface area contributed by atoms with Crippen LogP contribution in [0.15, 0.2) is 85.1 Å². The maximum atomic E-state index is 15.4. The molecule has 0 spiro atoms. The van der Waals surface area contributed by atoms with Crippen molar-refractivity contribution in [2.24, 2.45) is 5.41 Å². The number of hydrazine groups is 1. The van der Waals surface area contributed by atoms with Gasteiger partial charge in [-0.25, -0.2) is 9.18 Å². The molecule has 0 aliphatic rings. The molecule has 0 fully saturated rings. The number of nitrogens with zero attached hydrogens (tertiary/aromatic N) is 3. The van der Waals surface area contributed by atoms with Gasteiger partial charge in [0.2, 0.25) is 11.4 Å². The van der Waals surface area contributed by atoms with Crippen LogP contribution in [0.3, 0.4) is 0 Å². The number of carbonyl (C=O) groups excluding carboxylic acids is 2. The number of ether oxygens (including phenoxy) is 1. The van der Waals surface area contributed by atoms with Crippen molar-refractivity contribution < 1.29 is 23.3 Å². The number of carbonyl (C=O) groups is 2. The fraction of sp³-hybridized carbons (Fsp3) is 0.343.